The van der Waals surface area contributed by atoms with Gasteiger partial charge >= 0.3 is 6.03 Å². The summed E-state index contributed by atoms with van der Waals surface area (Å²) in [6.07, 6.45) is 3.22. The third-order valence-electron chi connectivity index (χ3n) is 2.96. The maximum atomic E-state index is 13.3. The first-order valence-electron chi connectivity index (χ1n) is 5.59. The van der Waals surface area contributed by atoms with Gasteiger partial charge < -0.3 is 10.6 Å². The van der Waals surface area contributed by atoms with Crippen LogP contribution in [-0.4, -0.2) is 12.1 Å². The summed E-state index contributed by atoms with van der Waals surface area (Å²) < 4.78 is 13.7. The second-order valence-electron chi connectivity index (χ2n) is 4.31. The lowest BCUT2D eigenvalue weighted by molar-refractivity contribution is 0.240. The maximum absolute atomic E-state index is 13.3. The first-order valence-corrected chi connectivity index (χ1v) is 6.38. The van der Waals surface area contributed by atoms with E-state index < -0.39 is 0 Å². The number of carbonyl (C=O) groups is 1. The molecule has 0 radical (unpaired) electrons. The number of nitrogens with one attached hydrogen (secondary N) is 2. The molecule has 5 heteroatoms. The van der Waals surface area contributed by atoms with Crippen molar-refractivity contribution in [3.8, 4) is 0 Å². The fraction of sp³-hybridized carbons (Fsp3) is 0.417. The topological polar surface area (TPSA) is 41.1 Å². The number of rotatable bonds is 2. The summed E-state index contributed by atoms with van der Waals surface area (Å²) in [6.45, 7) is 1.82. The van der Waals surface area contributed by atoms with E-state index in [2.05, 4.69) is 26.6 Å². The summed E-state index contributed by atoms with van der Waals surface area (Å²) >= 11 is 3.10. The van der Waals surface area contributed by atoms with E-state index in [1.54, 1.807) is 6.07 Å². The van der Waals surface area contributed by atoms with Crippen molar-refractivity contribution >= 4 is 27.6 Å². The molecule has 2 N–H and O–H groups in total. The van der Waals surface area contributed by atoms with Crippen molar-refractivity contribution in [2.24, 2.45) is 0 Å². The summed E-state index contributed by atoms with van der Waals surface area (Å²) in [7, 11) is 0. The van der Waals surface area contributed by atoms with Crippen molar-refractivity contribution < 1.29 is 9.18 Å². The molecule has 1 aromatic carbocycles. The van der Waals surface area contributed by atoms with E-state index in [-0.39, 0.29) is 17.9 Å². The van der Waals surface area contributed by atoms with Crippen molar-refractivity contribution in [3.63, 3.8) is 0 Å². The highest BCUT2D eigenvalue weighted by atomic mass is 79.9. The molecule has 2 amide bonds. The van der Waals surface area contributed by atoms with Crippen LogP contribution in [0.4, 0.5) is 14.9 Å². The summed E-state index contributed by atoms with van der Waals surface area (Å²) in [4.78, 5) is 11.6. The zero-order valence-corrected chi connectivity index (χ0v) is 11.1. The molecule has 92 valence electrons. The fourth-order valence-electron chi connectivity index (χ4n) is 1.68. The predicted octanol–water partition coefficient (Wildman–Crippen LogP) is 3.57. The van der Waals surface area contributed by atoms with Crippen molar-refractivity contribution in [1.82, 2.24) is 5.32 Å². The van der Waals surface area contributed by atoms with Gasteiger partial charge in [-0.1, -0.05) is 0 Å². The Bertz CT molecular complexity index is 446. The summed E-state index contributed by atoms with van der Waals surface area (Å²) in [5.41, 5.74) is 1.32. The Morgan fingerprint density at radius 1 is 1.47 bits per heavy atom. The van der Waals surface area contributed by atoms with Gasteiger partial charge in [0.25, 0.3) is 0 Å². The van der Waals surface area contributed by atoms with Gasteiger partial charge in [-0.25, -0.2) is 9.18 Å². The standard InChI is InChI=1S/C12H14BrFN2O/c1-7-5-9(13)10(14)6-11(7)16-12(17)15-8-3-2-4-8/h5-6,8H,2-4H2,1H3,(H2,15,16,17). The summed E-state index contributed by atoms with van der Waals surface area (Å²) in [5, 5.41) is 5.51. The number of halogens is 2. The van der Waals surface area contributed by atoms with Gasteiger partial charge in [0.15, 0.2) is 0 Å². The molecule has 1 aliphatic rings. The molecular weight excluding hydrogens is 287 g/mol. The average molecular weight is 301 g/mol. The van der Waals surface area contributed by atoms with Crippen molar-refractivity contribution in [2.45, 2.75) is 32.2 Å². The number of hydrogen-bond acceptors (Lipinski definition) is 1. The van der Waals surface area contributed by atoms with Crippen LogP contribution in [0.5, 0.6) is 0 Å². The lowest BCUT2D eigenvalue weighted by Gasteiger charge is -2.26. The predicted molar refractivity (Wildman–Crippen MR) is 68.6 cm³/mol. The summed E-state index contributed by atoms with van der Waals surface area (Å²) in [5.74, 6) is -0.380. The Morgan fingerprint density at radius 3 is 2.76 bits per heavy atom. The number of hydrogen-bond donors (Lipinski definition) is 2. The van der Waals surface area contributed by atoms with E-state index in [1.807, 2.05) is 6.92 Å². The Morgan fingerprint density at radius 2 is 2.18 bits per heavy atom. The van der Waals surface area contributed by atoms with Crippen molar-refractivity contribution in [3.05, 3.63) is 28.0 Å². The third-order valence-corrected chi connectivity index (χ3v) is 3.56. The van der Waals surface area contributed by atoms with Gasteiger partial charge in [0.05, 0.1) is 4.47 Å². The highest BCUT2D eigenvalue weighted by Gasteiger charge is 2.19. The van der Waals surface area contributed by atoms with E-state index >= 15 is 0 Å². The third kappa shape index (κ3) is 2.97. The van der Waals surface area contributed by atoms with Crippen LogP contribution in [-0.2, 0) is 0 Å². The van der Waals surface area contributed by atoms with Crippen LogP contribution in [0.15, 0.2) is 16.6 Å². The quantitative estimate of drug-likeness (QED) is 0.861. The molecule has 0 saturated heterocycles. The van der Waals surface area contributed by atoms with Gasteiger partial charge in [-0.05, 0) is 59.8 Å². The number of amides is 2. The minimum Gasteiger partial charge on any atom is -0.335 e. The second kappa shape index (κ2) is 5.04. The van der Waals surface area contributed by atoms with E-state index in [1.165, 1.54) is 6.07 Å². The van der Waals surface area contributed by atoms with Gasteiger partial charge in [-0.3, -0.25) is 0 Å². The first-order chi connectivity index (χ1) is 8.06. The molecule has 1 fully saturated rings. The molecule has 0 spiro atoms. The van der Waals surface area contributed by atoms with E-state index in [0.29, 0.717) is 10.2 Å². The largest absolute Gasteiger partial charge is 0.335 e. The van der Waals surface area contributed by atoms with Crippen LogP contribution < -0.4 is 10.6 Å². The molecular formula is C12H14BrFN2O. The van der Waals surface area contributed by atoms with E-state index in [0.717, 1.165) is 24.8 Å². The smallest absolute Gasteiger partial charge is 0.319 e. The Kier molecular flexibility index (Phi) is 3.66. The molecule has 1 aliphatic carbocycles. The molecule has 0 aromatic heterocycles. The highest BCUT2D eigenvalue weighted by molar-refractivity contribution is 9.10. The monoisotopic (exact) mass is 300 g/mol. The average Bonchev–Trinajstić information content (AvgIpc) is 2.20. The Labute approximate surface area is 108 Å². The molecule has 3 nitrogen and oxygen atoms in total. The Hall–Kier alpha value is -1.10. The van der Waals surface area contributed by atoms with Gasteiger partial charge in [0.2, 0.25) is 0 Å². The molecule has 0 heterocycles. The maximum Gasteiger partial charge on any atom is 0.319 e. The fourth-order valence-corrected chi connectivity index (χ4v) is 2.14. The highest BCUT2D eigenvalue weighted by Crippen LogP contribution is 2.24. The SMILES string of the molecule is Cc1cc(Br)c(F)cc1NC(=O)NC1CCC1. The number of urea groups is 1. The van der Waals surface area contributed by atoms with Crippen LogP contribution >= 0.6 is 15.9 Å². The number of anilines is 1. The van der Waals surface area contributed by atoms with Crippen LogP contribution in [0.3, 0.4) is 0 Å². The molecule has 0 atom stereocenters. The van der Waals surface area contributed by atoms with Crippen LogP contribution in [0.2, 0.25) is 0 Å². The number of benzene rings is 1. The van der Waals surface area contributed by atoms with Crippen LogP contribution in [0, 0.1) is 12.7 Å². The zero-order valence-electron chi connectivity index (χ0n) is 9.52. The number of carbonyl (C=O) groups excluding carboxylic acids is 1. The van der Waals surface area contributed by atoms with E-state index in [4.69, 9.17) is 0 Å². The minimum absolute atomic E-state index is 0.264. The first kappa shape index (κ1) is 12.4. The van der Waals surface area contributed by atoms with Crippen LogP contribution in [0.1, 0.15) is 24.8 Å². The Balaban J connectivity index is 2.02. The zero-order chi connectivity index (χ0) is 12.4. The molecule has 0 unspecified atom stereocenters. The lowest BCUT2D eigenvalue weighted by atomic mass is 9.93. The molecule has 2 rings (SSSR count). The summed E-state index contributed by atoms with van der Waals surface area (Å²) in [6, 6.07) is 2.98. The minimum atomic E-state index is -0.380. The van der Waals surface area contributed by atoms with Gasteiger partial charge in [-0.15, -0.1) is 0 Å². The van der Waals surface area contributed by atoms with Gasteiger partial charge in [0, 0.05) is 11.7 Å². The second-order valence-corrected chi connectivity index (χ2v) is 5.16. The number of aryl methyl sites for hydroxylation is 1. The normalized spacial score (nSPS) is 15.2. The van der Waals surface area contributed by atoms with Gasteiger partial charge in [0.1, 0.15) is 5.82 Å². The molecule has 1 saturated carbocycles. The van der Waals surface area contributed by atoms with Crippen LogP contribution in [0.25, 0.3) is 0 Å². The molecule has 17 heavy (non-hydrogen) atoms. The van der Waals surface area contributed by atoms with Crippen molar-refractivity contribution in [2.75, 3.05) is 5.32 Å². The van der Waals surface area contributed by atoms with Crippen molar-refractivity contribution in [1.29, 1.82) is 0 Å². The van der Waals surface area contributed by atoms with Gasteiger partial charge in [-0.2, -0.15) is 0 Å². The lowest BCUT2D eigenvalue weighted by Crippen LogP contribution is -2.41. The van der Waals surface area contributed by atoms with E-state index in [9.17, 15) is 9.18 Å². The molecule has 0 bridgehead atoms. The molecule has 0 aliphatic heterocycles. The molecule has 1 aromatic rings.